The zero-order valence-corrected chi connectivity index (χ0v) is 11.5. The number of rotatable bonds is 2. The second kappa shape index (κ2) is 5.19. The maximum absolute atomic E-state index is 14.1. The van der Waals surface area contributed by atoms with Gasteiger partial charge in [0, 0.05) is 32.2 Å². The molecule has 1 aliphatic heterocycles. The summed E-state index contributed by atoms with van der Waals surface area (Å²) < 4.78 is 14.0. The minimum absolute atomic E-state index is 0.0797. The number of nitro benzene ring substituents is 1. The Balaban J connectivity index is 2.30. The number of likely N-dealkylation sites (N-methyl/N-ethyl adjacent to an activating group) is 1. The van der Waals surface area contributed by atoms with Gasteiger partial charge in [-0.25, -0.2) is 4.39 Å². The van der Waals surface area contributed by atoms with Crippen LogP contribution in [-0.4, -0.2) is 43.0 Å². The summed E-state index contributed by atoms with van der Waals surface area (Å²) in [5.41, 5.74) is 0.172. The van der Waals surface area contributed by atoms with E-state index in [0.717, 1.165) is 26.2 Å². The molecule has 0 amide bonds. The SMILES string of the molecule is CN1CCN(c2ccc([N+](=O)[O-])c(Br)c2F)CC1. The van der Waals surface area contributed by atoms with Crippen LogP contribution < -0.4 is 4.90 Å². The van der Waals surface area contributed by atoms with Crippen LogP contribution in [-0.2, 0) is 0 Å². The fourth-order valence-electron chi connectivity index (χ4n) is 1.96. The van der Waals surface area contributed by atoms with E-state index in [1.807, 2.05) is 11.9 Å². The van der Waals surface area contributed by atoms with Gasteiger partial charge in [-0.15, -0.1) is 0 Å². The van der Waals surface area contributed by atoms with Crippen LogP contribution in [0.3, 0.4) is 0 Å². The number of nitrogens with zero attached hydrogens (tertiary/aromatic N) is 3. The molecule has 7 heteroatoms. The highest BCUT2D eigenvalue weighted by Gasteiger charge is 2.23. The Morgan fingerprint density at radius 1 is 1.33 bits per heavy atom. The van der Waals surface area contributed by atoms with E-state index in [4.69, 9.17) is 0 Å². The van der Waals surface area contributed by atoms with Gasteiger partial charge in [0.05, 0.1) is 10.6 Å². The van der Waals surface area contributed by atoms with Gasteiger partial charge in [0.2, 0.25) is 0 Å². The van der Waals surface area contributed by atoms with E-state index < -0.39 is 10.7 Å². The maximum Gasteiger partial charge on any atom is 0.286 e. The number of hydrogen-bond acceptors (Lipinski definition) is 4. The van der Waals surface area contributed by atoms with Gasteiger partial charge in [-0.05, 0) is 29.0 Å². The Kier molecular flexibility index (Phi) is 3.82. The van der Waals surface area contributed by atoms with Crippen LogP contribution in [0.15, 0.2) is 16.6 Å². The van der Waals surface area contributed by atoms with E-state index in [1.54, 1.807) is 0 Å². The summed E-state index contributed by atoms with van der Waals surface area (Å²) in [5.74, 6) is -0.561. The van der Waals surface area contributed by atoms with Crippen molar-refractivity contribution in [2.24, 2.45) is 0 Å². The Labute approximate surface area is 112 Å². The average Bonchev–Trinajstić information content (AvgIpc) is 2.33. The molecule has 1 heterocycles. The monoisotopic (exact) mass is 317 g/mol. The maximum atomic E-state index is 14.1. The standard InChI is InChI=1S/C11H13BrFN3O2/c1-14-4-6-15(7-5-14)9-3-2-8(16(17)18)10(12)11(9)13/h2-3H,4-7H2,1H3. The minimum Gasteiger partial charge on any atom is -0.367 e. The number of anilines is 1. The Bertz CT molecular complexity index is 476. The number of halogens is 2. The lowest BCUT2D eigenvalue weighted by atomic mass is 10.2. The summed E-state index contributed by atoms with van der Waals surface area (Å²) in [6.45, 7) is 3.15. The second-order valence-corrected chi connectivity index (χ2v) is 5.07. The molecule has 0 spiro atoms. The molecule has 0 saturated carbocycles. The first-order valence-corrected chi connectivity index (χ1v) is 6.36. The van der Waals surface area contributed by atoms with Crippen molar-refractivity contribution in [1.82, 2.24) is 4.90 Å². The Morgan fingerprint density at radius 3 is 2.50 bits per heavy atom. The molecular formula is C11H13BrFN3O2. The van der Waals surface area contributed by atoms with Gasteiger partial charge in [-0.1, -0.05) is 0 Å². The van der Waals surface area contributed by atoms with Crippen LogP contribution in [0.2, 0.25) is 0 Å². The van der Waals surface area contributed by atoms with Gasteiger partial charge >= 0.3 is 0 Å². The van der Waals surface area contributed by atoms with E-state index >= 15 is 0 Å². The van der Waals surface area contributed by atoms with Gasteiger partial charge in [0.15, 0.2) is 5.82 Å². The van der Waals surface area contributed by atoms with Gasteiger partial charge in [0.1, 0.15) is 4.47 Å². The third-order valence-corrected chi connectivity index (χ3v) is 3.84. The minimum atomic E-state index is -0.596. The fraction of sp³-hybridized carbons (Fsp3) is 0.455. The summed E-state index contributed by atoms with van der Waals surface area (Å²) in [5, 5.41) is 10.7. The molecule has 18 heavy (non-hydrogen) atoms. The molecule has 0 radical (unpaired) electrons. The van der Waals surface area contributed by atoms with E-state index in [0.29, 0.717) is 5.69 Å². The van der Waals surface area contributed by atoms with Crippen LogP contribution in [0.4, 0.5) is 15.8 Å². The second-order valence-electron chi connectivity index (χ2n) is 4.28. The summed E-state index contributed by atoms with van der Waals surface area (Å²) in [6, 6.07) is 2.81. The first-order chi connectivity index (χ1) is 8.50. The van der Waals surface area contributed by atoms with E-state index in [2.05, 4.69) is 20.8 Å². The molecule has 0 atom stereocenters. The first-order valence-electron chi connectivity index (χ1n) is 5.56. The molecule has 0 unspecified atom stereocenters. The quantitative estimate of drug-likeness (QED) is 0.620. The van der Waals surface area contributed by atoms with Gasteiger partial charge in [0.25, 0.3) is 5.69 Å². The molecule has 1 fully saturated rings. The Morgan fingerprint density at radius 2 is 1.94 bits per heavy atom. The molecule has 5 nitrogen and oxygen atoms in total. The highest BCUT2D eigenvalue weighted by atomic mass is 79.9. The number of piperazine rings is 1. The third-order valence-electron chi connectivity index (χ3n) is 3.08. The van der Waals surface area contributed by atoms with Crippen molar-refractivity contribution in [3.8, 4) is 0 Å². The van der Waals surface area contributed by atoms with Crippen LogP contribution in [0, 0.1) is 15.9 Å². The molecule has 0 N–H and O–H groups in total. The number of nitro groups is 1. The molecule has 98 valence electrons. The van der Waals surface area contributed by atoms with Crippen molar-refractivity contribution < 1.29 is 9.31 Å². The highest BCUT2D eigenvalue weighted by Crippen LogP contribution is 2.34. The third kappa shape index (κ3) is 2.46. The highest BCUT2D eigenvalue weighted by molar-refractivity contribution is 9.10. The largest absolute Gasteiger partial charge is 0.367 e. The van der Waals surface area contributed by atoms with Crippen molar-refractivity contribution >= 4 is 27.3 Å². The van der Waals surface area contributed by atoms with Crippen molar-refractivity contribution in [3.05, 3.63) is 32.5 Å². The summed E-state index contributed by atoms with van der Waals surface area (Å²) in [4.78, 5) is 14.2. The normalized spacial score (nSPS) is 16.9. The van der Waals surface area contributed by atoms with Crippen molar-refractivity contribution in [3.63, 3.8) is 0 Å². The van der Waals surface area contributed by atoms with Crippen molar-refractivity contribution in [1.29, 1.82) is 0 Å². The molecule has 1 aromatic rings. The molecular weight excluding hydrogens is 305 g/mol. The Hall–Kier alpha value is -1.21. The predicted molar refractivity (Wildman–Crippen MR) is 70.5 cm³/mol. The number of benzene rings is 1. The molecule has 2 rings (SSSR count). The lowest BCUT2D eigenvalue weighted by Crippen LogP contribution is -2.44. The molecule has 1 aliphatic rings. The van der Waals surface area contributed by atoms with E-state index in [9.17, 15) is 14.5 Å². The molecule has 0 bridgehead atoms. The van der Waals surface area contributed by atoms with E-state index in [1.165, 1.54) is 12.1 Å². The van der Waals surface area contributed by atoms with Crippen LogP contribution in [0.1, 0.15) is 0 Å². The van der Waals surface area contributed by atoms with E-state index in [-0.39, 0.29) is 10.2 Å². The van der Waals surface area contributed by atoms with Gasteiger partial charge < -0.3 is 9.80 Å². The summed E-state index contributed by atoms with van der Waals surface area (Å²) in [6.07, 6.45) is 0. The molecule has 0 aliphatic carbocycles. The fourth-order valence-corrected chi connectivity index (χ4v) is 2.44. The molecule has 0 aromatic heterocycles. The smallest absolute Gasteiger partial charge is 0.286 e. The average molecular weight is 318 g/mol. The van der Waals surface area contributed by atoms with Crippen LogP contribution in [0.25, 0.3) is 0 Å². The summed E-state index contributed by atoms with van der Waals surface area (Å²) in [7, 11) is 2.01. The van der Waals surface area contributed by atoms with Crippen molar-refractivity contribution in [2.45, 2.75) is 0 Å². The van der Waals surface area contributed by atoms with Crippen LogP contribution in [0.5, 0.6) is 0 Å². The van der Waals surface area contributed by atoms with Crippen LogP contribution >= 0.6 is 15.9 Å². The molecule has 1 saturated heterocycles. The predicted octanol–water partition coefficient (Wildman–Crippen LogP) is 2.25. The lowest BCUT2D eigenvalue weighted by molar-refractivity contribution is -0.385. The van der Waals surface area contributed by atoms with Gasteiger partial charge in [-0.2, -0.15) is 0 Å². The first kappa shape index (κ1) is 13.2. The zero-order chi connectivity index (χ0) is 13.3. The lowest BCUT2D eigenvalue weighted by Gasteiger charge is -2.34. The van der Waals surface area contributed by atoms with Gasteiger partial charge in [-0.3, -0.25) is 10.1 Å². The number of hydrogen-bond donors (Lipinski definition) is 0. The summed E-state index contributed by atoms with van der Waals surface area (Å²) >= 11 is 2.96. The zero-order valence-electron chi connectivity index (χ0n) is 9.90. The van der Waals surface area contributed by atoms with Crippen molar-refractivity contribution in [2.75, 3.05) is 38.1 Å². The molecule has 1 aromatic carbocycles. The topological polar surface area (TPSA) is 49.6 Å².